The smallest absolute Gasteiger partial charge is 0.254 e. The van der Waals surface area contributed by atoms with E-state index >= 15 is 0 Å². The lowest BCUT2D eigenvalue weighted by atomic mass is 9.95. The van der Waals surface area contributed by atoms with Gasteiger partial charge in [0, 0.05) is 42.2 Å². The number of likely N-dealkylation sites (tertiary alicyclic amines) is 1. The molecule has 1 aliphatic carbocycles. The molecule has 3 heterocycles. The number of H-pyrrole nitrogens is 1. The highest BCUT2D eigenvalue weighted by Gasteiger charge is 2.31. The highest BCUT2D eigenvalue weighted by molar-refractivity contribution is 7.99. The molecule has 1 amide bonds. The summed E-state index contributed by atoms with van der Waals surface area (Å²) in [5.74, 6) is 4.01. The van der Waals surface area contributed by atoms with Gasteiger partial charge in [-0.05, 0) is 50.7 Å². The van der Waals surface area contributed by atoms with Crippen molar-refractivity contribution in [2.75, 3.05) is 25.4 Å². The number of aromatic nitrogens is 3. The molecule has 2 saturated heterocycles. The van der Waals surface area contributed by atoms with Crippen molar-refractivity contribution < 1.29 is 9.53 Å². The molecule has 3 aliphatic rings. The number of nitrogens with one attached hydrogen (secondary N) is 1. The maximum atomic E-state index is 13.2. The molecule has 0 radical (unpaired) electrons. The SMILES string of the molecule is O=C(c1ccccc1SCC1CCCO1)N1CCC(c2nc(C3CC3)n[nH]2)CC1. The molecule has 6 nitrogen and oxygen atoms in total. The highest BCUT2D eigenvalue weighted by Crippen LogP contribution is 2.38. The maximum absolute atomic E-state index is 13.2. The van der Waals surface area contributed by atoms with Gasteiger partial charge in [-0.3, -0.25) is 9.89 Å². The molecular formula is C22H28N4O2S. The Morgan fingerprint density at radius 2 is 1.97 bits per heavy atom. The van der Waals surface area contributed by atoms with Crippen LogP contribution >= 0.6 is 11.8 Å². The molecule has 1 atom stereocenters. The fourth-order valence-corrected chi connectivity index (χ4v) is 5.36. The number of carbonyl (C=O) groups excluding carboxylic acids is 1. The average molecular weight is 413 g/mol. The summed E-state index contributed by atoms with van der Waals surface area (Å²) in [6.07, 6.45) is 6.91. The second-order valence-corrected chi connectivity index (χ2v) is 9.42. The van der Waals surface area contributed by atoms with Crippen LogP contribution in [0.15, 0.2) is 29.2 Å². The zero-order chi connectivity index (χ0) is 19.6. The number of hydrogen-bond donors (Lipinski definition) is 1. The normalized spacial score (nSPS) is 22.9. The third kappa shape index (κ3) is 4.36. The van der Waals surface area contributed by atoms with Crippen LogP contribution in [0.4, 0.5) is 0 Å². The van der Waals surface area contributed by atoms with Crippen molar-refractivity contribution in [3.05, 3.63) is 41.5 Å². The lowest BCUT2D eigenvalue weighted by molar-refractivity contribution is 0.0707. The summed E-state index contributed by atoms with van der Waals surface area (Å²) >= 11 is 1.75. The van der Waals surface area contributed by atoms with Crippen LogP contribution in [0, 0.1) is 0 Å². The molecule has 2 aromatic rings. The van der Waals surface area contributed by atoms with Gasteiger partial charge in [0.25, 0.3) is 5.91 Å². The number of benzene rings is 1. The van der Waals surface area contributed by atoms with E-state index in [9.17, 15) is 4.79 Å². The van der Waals surface area contributed by atoms with Crippen LogP contribution in [0.25, 0.3) is 0 Å². The van der Waals surface area contributed by atoms with Crippen molar-refractivity contribution in [3.8, 4) is 0 Å². The zero-order valence-electron chi connectivity index (χ0n) is 16.7. The minimum Gasteiger partial charge on any atom is -0.377 e. The third-order valence-corrected chi connectivity index (χ3v) is 7.40. The Morgan fingerprint density at radius 3 is 2.72 bits per heavy atom. The zero-order valence-corrected chi connectivity index (χ0v) is 17.5. The van der Waals surface area contributed by atoms with Gasteiger partial charge >= 0.3 is 0 Å². The van der Waals surface area contributed by atoms with Crippen molar-refractivity contribution in [1.29, 1.82) is 0 Å². The first-order chi connectivity index (χ1) is 14.3. The Morgan fingerprint density at radius 1 is 1.14 bits per heavy atom. The Bertz CT molecular complexity index is 852. The average Bonchev–Trinajstić information content (AvgIpc) is 3.27. The Balaban J connectivity index is 1.20. The molecule has 1 aromatic carbocycles. The molecule has 1 unspecified atom stereocenters. The van der Waals surface area contributed by atoms with E-state index in [1.807, 2.05) is 23.1 Å². The fourth-order valence-electron chi connectivity index (χ4n) is 4.25. The first-order valence-electron chi connectivity index (χ1n) is 10.8. The van der Waals surface area contributed by atoms with E-state index in [4.69, 9.17) is 9.72 Å². The van der Waals surface area contributed by atoms with Gasteiger partial charge in [0.05, 0.1) is 11.7 Å². The lowest BCUT2D eigenvalue weighted by Crippen LogP contribution is -2.38. The summed E-state index contributed by atoms with van der Waals surface area (Å²) in [5, 5.41) is 7.54. The van der Waals surface area contributed by atoms with E-state index in [0.717, 1.165) is 73.2 Å². The second-order valence-electron chi connectivity index (χ2n) is 8.36. The van der Waals surface area contributed by atoms with Gasteiger partial charge in [-0.1, -0.05) is 12.1 Å². The first kappa shape index (κ1) is 19.1. The van der Waals surface area contributed by atoms with E-state index in [-0.39, 0.29) is 5.91 Å². The molecule has 1 aromatic heterocycles. The number of ether oxygens (including phenoxy) is 1. The quantitative estimate of drug-likeness (QED) is 0.727. The van der Waals surface area contributed by atoms with Gasteiger partial charge in [0.15, 0.2) is 5.82 Å². The number of thioether (sulfide) groups is 1. The molecule has 154 valence electrons. The predicted molar refractivity (Wildman–Crippen MR) is 112 cm³/mol. The summed E-state index contributed by atoms with van der Waals surface area (Å²) in [6, 6.07) is 8.00. The Hall–Kier alpha value is -1.86. The topological polar surface area (TPSA) is 71.1 Å². The molecular weight excluding hydrogens is 384 g/mol. The minimum atomic E-state index is 0.148. The van der Waals surface area contributed by atoms with Gasteiger partial charge < -0.3 is 9.64 Å². The molecule has 1 N–H and O–H groups in total. The molecule has 1 saturated carbocycles. The largest absolute Gasteiger partial charge is 0.377 e. The third-order valence-electron chi connectivity index (χ3n) is 6.20. The molecule has 7 heteroatoms. The van der Waals surface area contributed by atoms with Crippen molar-refractivity contribution in [3.63, 3.8) is 0 Å². The summed E-state index contributed by atoms with van der Waals surface area (Å²) in [5.41, 5.74) is 0.824. The minimum absolute atomic E-state index is 0.148. The second kappa shape index (κ2) is 8.48. The number of carbonyl (C=O) groups is 1. The highest BCUT2D eigenvalue weighted by atomic mass is 32.2. The first-order valence-corrected chi connectivity index (χ1v) is 11.8. The van der Waals surface area contributed by atoms with Crippen LogP contribution in [0.5, 0.6) is 0 Å². The molecule has 0 spiro atoms. The molecule has 3 fully saturated rings. The maximum Gasteiger partial charge on any atom is 0.254 e. The van der Waals surface area contributed by atoms with Gasteiger partial charge in [-0.2, -0.15) is 5.10 Å². The van der Waals surface area contributed by atoms with Crippen molar-refractivity contribution >= 4 is 17.7 Å². The fraction of sp³-hybridized carbons (Fsp3) is 0.591. The number of rotatable bonds is 6. The van der Waals surface area contributed by atoms with E-state index in [1.165, 1.54) is 12.8 Å². The number of piperidine rings is 1. The summed E-state index contributed by atoms with van der Waals surface area (Å²) in [4.78, 5) is 21.0. The van der Waals surface area contributed by atoms with Crippen molar-refractivity contribution in [2.24, 2.45) is 0 Å². The summed E-state index contributed by atoms with van der Waals surface area (Å²) in [6.45, 7) is 2.41. The predicted octanol–water partition coefficient (Wildman–Crippen LogP) is 3.97. The van der Waals surface area contributed by atoms with Crippen molar-refractivity contribution in [1.82, 2.24) is 20.1 Å². The standard InChI is InChI=1S/C22H28N4O2S/c27-22(18-5-1-2-6-19(18)29-14-17-4-3-13-28-17)26-11-9-16(10-12-26)21-23-20(24-25-21)15-7-8-15/h1-2,5-6,15-17H,3-4,7-14H2,(H,23,24,25). The Labute approximate surface area is 175 Å². The monoisotopic (exact) mass is 412 g/mol. The number of hydrogen-bond acceptors (Lipinski definition) is 5. The number of amides is 1. The van der Waals surface area contributed by atoms with Crippen LogP contribution in [0.3, 0.4) is 0 Å². The van der Waals surface area contributed by atoms with Gasteiger partial charge in [0.1, 0.15) is 5.82 Å². The van der Waals surface area contributed by atoms with E-state index in [0.29, 0.717) is 17.9 Å². The molecule has 0 bridgehead atoms. The van der Waals surface area contributed by atoms with Crippen LogP contribution in [-0.4, -0.2) is 57.5 Å². The Kier molecular flexibility index (Phi) is 5.59. The van der Waals surface area contributed by atoms with Gasteiger partial charge in [0.2, 0.25) is 0 Å². The molecule has 2 aliphatic heterocycles. The molecule has 29 heavy (non-hydrogen) atoms. The van der Waals surface area contributed by atoms with Crippen LogP contribution < -0.4 is 0 Å². The van der Waals surface area contributed by atoms with E-state index < -0.39 is 0 Å². The number of aromatic amines is 1. The van der Waals surface area contributed by atoms with Crippen molar-refractivity contribution in [2.45, 2.75) is 61.4 Å². The van der Waals surface area contributed by atoms with Crippen LogP contribution in [0.2, 0.25) is 0 Å². The summed E-state index contributed by atoms with van der Waals surface area (Å²) < 4.78 is 5.74. The van der Waals surface area contributed by atoms with E-state index in [2.05, 4.69) is 16.3 Å². The van der Waals surface area contributed by atoms with E-state index in [1.54, 1.807) is 11.8 Å². The van der Waals surface area contributed by atoms with Gasteiger partial charge in [-0.25, -0.2) is 4.98 Å². The van der Waals surface area contributed by atoms with Crippen LogP contribution in [-0.2, 0) is 4.74 Å². The number of nitrogens with zero attached hydrogens (tertiary/aromatic N) is 3. The van der Waals surface area contributed by atoms with Crippen LogP contribution in [0.1, 0.15) is 72.4 Å². The summed E-state index contributed by atoms with van der Waals surface area (Å²) in [7, 11) is 0. The molecule has 5 rings (SSSR count). The lowest BCUT2D eigenvalue weighted by Gasteiger charge is -2.31. The van der Waals surface area contributed by atoms with Gasteiger partial charge in [-0.15, -0.1) is 11.8 Å².